The molecule has 1 N–H and O–H groups in total. The molecule has 1 aliphatic rings. The maximum absolute atomic E-state index is 11.6. The van der Waals surface area contributed by atoms with Crippen molar-refractivity contribution in [1.29, 1.82) is 0 Å². The maximum Gasteiger partial charge on any atom is 0.289 e. The van der Waals surface area contributed by atoms with Gasteiger partial charge in [-0.05, 0) is 12.1 Å². The van der Waals surface area contributed by atoms with Gasteiger partial charge in [-0.3, -0.25) is 4.79 Å². The summed E-state index contributed by atoms with van der Waals surface area (Å²) in [6, 6.07) is 7.65. The lowest BCUT2D eigenvalue weighted by atomic mass is 10.3. The molecular weight excluding hydrogens is 178 g/mol. The molecule has 2 aromatic rings. The summed E-state index contributed by atoms with van der Waals surface area (Å²) in [6.07, 6.45) is 0. The Labute approximate surface area is 80.6 Å². The van der Waals surface area contributed by atoms with Gasteiger partial charge in [0, 0.05) is 13.1 Å². The van der Waals surface area contributed by atoms with Crippen molar-refractivity contribution in [2.45, 2.75) is 0 Å². The van der Waals surface area contributed by atoms with Crippen LogP contribution >= 0.6 is 0 Å². The average Bonchev–Trinajstić information content (AvgIpc) is 2.95. The SMILES string of the molecule is O=C(c1nc2ccccc2[nH]1)N1CC1. The zero-order valence-electron chi connectivity index (χ0n) is 7.53. The van der Waals surface area contributed by atoms with Crippen LogP contribution in [-0.2, 0) is 0 Å². The molecule has 4 nitrogen and oxygen atoms in total. The molecule has 1 fully saturated rings. The van der Waals surface area contributed by atoms with E-state index in [-0.39, 0.29) is 5.91 Å². The number of nitrogens with zero attached hydrogens (tertiary/aromatic N) is 2. The Morgan fingerprint density at radius 3 is 2.86 bits per heavy atom. The Kier molecular flexibility index (Phi) is 1.39. The number of carbonyl (C=O) groups is 1. The molecule has 1 aromatic heterocycles. The van der Waals surface area contributed by atoms with Crippen LogP contribution in [0.5, 0.6) is 0 Å². The minimum atomic E-state index is 0.00111. The van der Waals surface area contributed by atoms with E-state index in [1.165, 1.54) is 0 Å². The number of para-hydroxylation sites is 2. The highest BCUT2D eigenvalue weighted by Crippen LogP contribution is 2.14. The minimum Gasteiger partial charge on any atom is -0.334 e. The van der Waals surface area contributed by atoms with Gasteiger partial charge in [-0.2, -0.15) is 0 Å². The zero-order chi connectivity index (χ0) is 9.54. The van der Waals surface area contributed by atoms with Gasteiger partial charge in [0.15, 0.2) is 5.82 Å². The molecule has 1 aromatic carbocycles. The number of H-pyrrole nitrogens is 1. The summed E-state index contributed by atoms with van der Waals surface area (Å²) in [5, 5.41) is 0. The first-order chi connectivity index (χ1) is 6.84. The number of nitrogens with one attached hydrogen (secondary N) is 1. The van der Waals surface area contributed by atoms with Gasteiger partial charge < -0.3 is 9.88 Å². The van der Waals surface area contributed by atoms with Gasteiger partial charge in [-0.15, -0.1) is 0 Å². The van der Waals surface area contributed by atoms with Crippen LogP contribution in [0.25, 0.3) is 11.0 Å². The molecule has 2 heterocycles. The number of aromatic amines is 1. The Bertz CT molecular complexity index is 466. The van der Waals surface area contributed by atoms with Crippen molar-refractivity contribution in [3.63, 3.8) is 0 Å². The number of hydrogen-bond donors (Lipinski definition) is 1. The van der Waals surface area contributed by atoms with Crippen molar-refractivity contribution in [3.8, 4) is 0 Å². The van der Waals surface area contributed by atoms with Crippen molar-refractivity contribution in [2.24, 2.45) is 0 Å². The molecule has 0 saturated carbocycles. The normalized spacial score (nSPS) is 14.7. The van der Waals surface area contributed by atoms with Gasteiger partial charge in [-0.1, -0.05) is 12.1 Å². The van der Waals surface area contributed by atoms with Gasteiger partial charge in [0.2, 0.25) is 0 Å². The molecule has 14 heavy (non-hydrogen) atoms. The first-order valence-electron chi connectivity index (χ1n) is 4.58. The Morgan fingerprint density at radius 1 is 1.36 bits per heavy atom. The van der Waals surface area contributed by atoms with E-state index >= 15 is 0 Å². The van der Waals surface area contributed by atoms with Gasteiger partial charge in [0.05, 0.1) is 11.0 Å². The molecule has 4 heteroatoms. The highest BCUT2D eigenvalue weighted by atomic mass is 16.2. The van der Waals surface area contributed by atoms with Crippen LogP contribution in [0.2, 0.25) is 0 Å². The van der Waals surface area contributed by atoms with Gasteiger partial charge >= 0.3 is 0 Å². The van der Waals surface area contributed by atoms with Crippen molar-refractivity contribution >= 4 is 16.9 Å². The molecule has 0 radical (unpaired) electrons. The van der Waals surface area contributed by atoms with Crippen LogP contribution in [0, 0.1) is 0 Å². The third-order valence-electron chi connectivity index (χ3n) is 2.33. The molecule has 1 saturated heterocycles. The van der Waals surface area contributed by atoms with Crippen LogP contribution in [0.4, 0.5) is 0 Å². The maximum atomic E-state index is 11.6. The first kappa shape index (κ1) is 7.55. The summed E-state index contributed by atoms with van der Waals surface area (Å²) in [5.74, 6) is 0.449. The van der Waals surface area contributed by atoms with Gasteiger partial charge in [-0.25, -0.2) is 4.98 Å². The summed E-state index contributed by atoms with van der Waals surface area (Å²) in [5.41, 5.74) is 1.76. The van der Waals surface area contributed by atoms with E-state index in [4.69, 9.17) is 0 Å². The molecule has 0 aliphatic carbocycles. The smallest absolute Gasteiger partial charge is 0.289 e. The number of imidazole rings is 1. The molecule has 3 rings (SSSR count). The average molecular weight is 187 g/mol. The summed E-state index contributed by atoms with van der Waals surface area (Å²) in [7, 11) is 0. The Morgan fingerprint density at radius 2 is 2.14 bits per heavy atom. The molecule has 70 valence electrons. The monoisotopic (exact) mass is 187 g/mol. The fourth-order valence-electron chi connectivity index (χ4n) is 1.46. The second-order valence-corrected chi connectivity index (χ2v) is 3.39. The molecule has 0 unspecified atom stereocenters. The number of carbonyl (C=O) groups excluding carboxylic acids is 1. The van der Waals surface area contributed by atoms with E-state index in [1.807, 2.05) is 24.3 Å². The second kappa shape index (κ2) is 2.57. The van der Waals surface area contributed by atoms with Gasteiger partial charge in [0.1, 0.15) is 0 Å². The number of aromatic nitrogens is 2. The van der Waals surface area contributed by atoms with E-state index in [2.05, 4.69) is 9.97 Å². The third-order valence-corrected chi connectivity index (χ3v) is 2.33. The van der Waals surface area contributed by atoms with Crippen molar-refractivity contribution in [1.82, 2.24) is 14.9 Å². The van der Waals surface area contributed by atoms with E-state index in [1.54, 1.807) is 4.90 Å². The Hall–Kier alpha value is -1.84. The van der Waals surface area contributed by atoms with Crippen LogP contribution in [0.1, 0.15) is 10.6 Å². The molecule has 0 bridgehead atoms. The second-order valence-electron chi connectivity index (χ2n) is 3.39. The summed E-state index contributed by atoms with van der Waals surface area (Å²) < 4.78 is 0. The number of benzene rings is 1. The predicted molar refractivity (Wildman–Crippen MR) is 52.0 cm³/mol. The summed E-state index contributed by atoms with van der Waals surface area (Å²) in [4.78, 5) is 20.6. The van der Waals surface area contributed by atoms with Crippen LogP contribution in [0.3, 0.4) is 0 Å². The van der Waals surface area contributed by atoms with E-state index in [9.17, 15) is 4.79 Å². The Balaban J connectivity index is 2.09. The highest BCUT2D eigenvalue weighted by molar-refractivity contribution is 5.95. The molecule has 1 amide bonds. The number of amides is 1. The summed E-state index contributed by atoms with van der Waals surface area (Å²) >= 11 is 0. The van der Waals surface area contributed by atoms with Crippen molar-refractivity contribution in [2.75, 3.05) is 13.1 Å². The van der Waals surface area contributed by atoms with E-state index in [0.29, 0.717) is 5.82 Å². The summed E-state index contributed by atoms with van der Waals surface area (Å²) in [6.45, 7) is 1.71. The van der Waals surface area contributed by atoms with Crippen molar-refractivity contribution in [3.05, 3.63) is 30.1 Å². The molecular formula is C10H9N3O. The lowest BCUT2D eigenvalue weighted by Gasteiger charge is -1.94. The fourth-order valence-corrected chi connectivity index (χ4v) is 1.46. The fraction of sp³-hybridized carbons (Fsp3) is 0.200. The third kappa shape index (κ3) is 1.08. The van der Waals surface area contributed by atoms with Crippen LogP contribution in [0.15, 0.2) is 24.3 Å². The highest BCUT2D eigenvalue weighted by Gasteiger charge is 2.27. The van der Waals surface area contributed by atoms with Gasteiger partial charge in [0.25, 0.3) is 5.91 Å². The minimum absolute atomic E-state index is 0.00111. The van der Waals surface area contributed by atoms with Crippen molar-refractivity contribution < 1.29 is 4.79 Å². The standard InChI is InChI=1S/C10H9N3O/c14-10(13-5-6-13)9-11-7-3-1-2-4-8(7)12-9/h1-4H,5-6H2,(H,11,12). The lowest BCUT2D eigenvalue weighted by molar-refractivity contribution is 0.0875. The number of hydrogen-bond acceptors (Lipinski definition) is 2. The van der Waals surface area contributed by atoms with Crippen LogP contribution in [-0.4, -0.2) is 33.9 Å². The molecule has 1 aliphatic heterocycles. The molecule has 0 spiro atoms. The van der Waals surface area contributed by atoms with E-state index in [0.717, 1.165) is 24.1 Å². The quantitative estimate of drug-likeness (QED) is 0.677. The topological polar surface area (TPSA) is 48.8 Å². The first-order valence-corrected chi connectivity index (χ1v) is 4.58. The lowest BCUT2D eigenvalue weighted by Crippen LogP contribution is -2.12. The zero-order valence-corrected chi connectivity index (χ0v) is 7.53. The largest absolute Gasteiger partial charge is 0.334 e. The number of rotatable bonds is 1. The van der Waals surface area contributed by atoms with E-state index < -0.39 is 0 Å². The number of fused-ring (bicyclic) bond motifs is 1. The predicted octanol–water partition coefficient (Wildman–Crippen LogP) is 1.02. The molecule has 0 atom stereocenters. The van der Waals surface area contributed by atoms with Crippen LogP contribution < -0.4 is 0 Å².